The van der Waals surface area contributed by atoms with Crippen LogP contribution < -0.4 is 0 Å². The van der Waals surface area contributed by atoms with Crippen LogP contribution in [0.4, 0.5) is 0 Å². The molecule has 0 spiro atoms. The molecule has 0 atom stereocenters. The zero-order valence-electron chi connectivity index (χ0n) is 16.1. The summed E-state index contributed by atoms with van der Waals surface area (Å²) in [4.78, 5) is 0. The van der Waals surface area contributed by atoms with E-state index in [1.54, 1.807) is 11.1 Å². The average molecular weight is 338 g/mol. The summed E-state index contributed by atoms with van der Waals surface area (Å²) in [6, 6.07) is 23.1. The van der Waals surface area contributed by atoms with Gasteiger partial charge in [0.1, 0.15) is 0 Å². The fraction of sp³-hybridized carbons (Fsp3) is 0.308. The summed E-state index contributed by atoms with van der Waals surface area (Å²) in [7, 11) is 0. The van der Waals surface area contributed by atoms with E-state index in [0.717, 1.165) is 0 Å². The van der Waals surface area contributed by atoms with Crippen LogP contribution in [0.15, 0.2) is 60.7 Å². The molecule has 26 heavy (non-hydrogen) atoms. The minimum Gasteiger partial charge on any atom is -0.0619 e. The third-order valence-electron chi connectivity index (χ3n) is 6.41. The Morgan fingerprint density at radius 1 is 0.500 bits per heavy atom. The molecule has 0 nitrogen and oxygen atoms in total. The Bertz CT molecular complexity index is 878. The van der Waals surface area contributed by atoms with Crippen molar-refractivity contribution in [2.24, 2.45) is 0 Å². The second kappa shape index (κ2) is 5.58. The maximum Gasteiger partial charge on any atom is 0.0352 e. The molecule has 0 saturated carbocycles. The van der Waals surface area contributed by atoms with Crippen LogP contribution in [0.2, 0.25) is 0 Å². The first-order chi connectivity index (χ1) is 12.6. The van der Waals surface area contributed by atoms with Gasteiger partial charge in [0.25, 0.3) is 0 Å². The number of benzene rings is 3. The van der Waals surface area contributed by atoms with Crippen molar-refractivity contribution in [3.05, 3.63) is 105 Å². The Morgan fingerprint density at radius 3 is 1.08 bits per heavy atom. The van der Waals surface area contributed by atoms with Crippen molar-refractivity contribution < 1.29 is 0 Å². The van der Waals surface area contributed by atoms with Crippen molar-refractivity contribution in [2.45, 2.75) is 51.4 Å². The fourth-order valence-electron chi connectivity index (χ4n) is 5.35. The Balaban J connectivity index is 1.93. The van der Waals surface area contributed by atoms with Crippen molar-refractivity contribution in [3.8, 4) is 0 Å². The molecule has 0 heteroatoms. The molecule has 3 aliphatic carbocycles. The molecule has 0 fully saturated rings. The highest BCUT2D eigenvalue weighted by Gasteiger charge is 2.43. The number of hydrogen-bond acceptors (Lipinski definition) is 0. The first-order valence-electron chi connectivity index (χ1n) is 9.93. The van der Waals surface area contributed by atoms with Gasteiger partial charge in [0.05, 0.1) is 0 Å². The summed E-state index contributed by atoms with van der Waals surface area (Å²) in [5.41, 5.74) is 12.4. The van der Waals surface area contributed by atoms with Crippen LogP contribution in [0.5, 0.6) is 0 Å². The van der Waals surface area contributed by atoms with E-state index in [-0.39, 0.29) is 0 Å². The second-order valence-electron chi connectivity index (χ2n) is 8.50. The Kier molecular flexibility index (Phi) is 3.41. The van der Waals surface area contributed by atoms with E-state index < -0.39 is 0 Å². The smallest absolute Gasteiger partial charge is 0.0352 e. The van der Waals surface area contributed by atoms with Gasteiger partial charge in [-0.25, -0.2) is 0 Å². The number of rotatable bonds is 2. The van der Waals surface area contributed by atoms with E-state index in [9.17, 15) is 0 Å². The SMILES string of the molecule is CC(C)c1ccc(C(C)C)c2c1C1c3ccccc3C2c2ccccc21. The highest BCUT2D eigenvalue weighted by Crippen LogP contribution is 2.58. The quantitative estimate of drug-likeness (QED) is 0.328. The molecule has 0 aliphatic heterocycles. The zero-order valence-corrected chi connectivity index (χ0v) is 16.1. The molecule has 0 aromatic heterocycles. The van der Waals surface area contributed by atoms with Crippen LogP contribution in [-0.2, 0) is 0 Å². The van der Waals surface area contributed by atoms with Gasteiger partial charge in [-0.05, 0) is 56.3 Å². The highest BCUT2D eigenvalue weighted by molar-refractivity contribution is 5.71. The average Bonchev–Trinajstić information content (AvgIpc) is 2.66. The normalized spacial score (nSPS) is 19.5. The van der Waals surface area contributed by atoms with Gasteiger partial charge in [0.15, 0.2) is 0 Å². The molecule has 130 valence electrons. The topological polar surface area (TPSA) is 0 Å². The minimum atomic E-state index is 0.387. The van der Waals surface area contributed by atoms with Crippen LogP contribution in [-0.4, -0.2) is 0 Å². The molecule has 3 aromatic carbocycles. The van der Waals surface area contributed by atoms with Crippen LogP contribution >= 0.6 is 0 Å². The van der Waals surface area contributed by atoms with Crippen LogP contribution in [0.3, 0.4) is 0 Å². The third-order valence-corrected chi connectivity index (χ3v) is 6.41. The molecule has 0 heterocycles. The largest absolute Gasteiger partial charge is 0.0619 e. The first-order valence-corrected chi connectivity index (χ1v) is 9.93. The summed E-state index contributed by atoms with van der Waals surface area (Å²) in [6.07, 6.45) is 0. The van der Waals surface area contributed by atoms with E-state index in [1.165, 1.54) is 33.4 Å². The lowest BCUT2D eigenvalue weighted by atomic mass is 9.58. The molecular weight excluding hydrogens is 312 g/mol. The third kappa shape index (κ3) is 1.96. The van der Waals surface area contributed by atoms with E-state index in [2.05, 4.69) is 88.4 Å². The molecule has 3 aromatic rings. The van der Waals surface area contributed by atoms with Crippen molar-refractivity contribution in [1.29, 1.82) is 0 Å². The molecule has 0 radical (unpaired) electrons. The van der Waals surface area contributed by atoms with Gasteiger partial charge in [-0.3, -0.25) is 0 Å². The Morgan fingerprint density at radius 2 is 0.808 bits per heavy atom. The van der Waals surface area contributed by atoms with Gasteiger partial charge in [0.2, 0.25) is 0 Å². The molecule has 0 unspecified atom stereocenters. The summed E-state index contributed by atoms with van der Waals surface area (Å²) < 4.78 is 0. The molecule has 0 N–H and O–H groups in total. The maximum atomic E-state index is 2.41. The first kappa shape index (κ1) is 15.9. The Hall–Kier alpha value is -2.34. The predicted molar refractivity (Wildman–Crippen MR) is 109 cm³/mol. The van der Waals surface area contributed by atoms with Gasteiger partial charge in [-0.1, -0.05) is 88.4 Å². The summed E-state index contributed by atoms with van der Waals surface area (Å²) in [5.74, 6) is 1.87. The van der Waals surface area contributed by atoms with E-state index in [0.29, 0.717) is 23.7 Å². The van der Waals surface area contributed by atoms with Crippen LogP contribution in [0.25, 0.3) is 0 Å². The molecule has 0 saturated heterocycles. The molecule has 6 rings (SSSR count). The minimum absolute atomic E-state index is 0.387. The van der Waals surface area contributed by atoms with E-state index in [1.807, 2.05) is 0 Å². The summed E-state index contributed by atoms with van der Waals surface area (Å²) in [6.45, 7) is 9.35. The lowest BCUT2D eigenvalue weighted by molar-refractivity contribution is 0.701. The van der Waals surface area contributed by atoms with Gasteiger partial charge in [-0.2, -0.15) is 0 Å². The van der Waals surface area contributed by atoms with Gasteiger partial charge >= 0.3 is 0 Å². The van der Waals surface area contributed by atoms with E-state index >= 15 is 0 Å². The van der Waals surface area contributed by atoms with E-state index in [4.69, 9.17) is 0 Å². The molecular formula is C26H26. The van der Waals surface area contributed by atoms with Crippen molar-refractivity contribution >= 4 is 0 Å². The Labute approximate surface area is 156 Å². The predicted octanol–water partition coefficient (Wildman–Crippen LogP) is 6.92. The highest BCUT2D eigenvalue weighted by atomic mass is 14.5. The number of hydrogen-bond donors (Lipinski definition) is 0. The maximum absolute atomic E-state index is 2.41. The molecule has 2 bridgehead atoms. The zero-order chi connectivity index (χ0) is 18.0. The van der Waals surface area contributed by atoms with Crippen molar-refractivity contribution in [1.82, 2.24) is 0 Å². The lowest BCUT2D eigenvalue weighted by Gasteiger charge is -2.45. The summed E-state index contributed by atoms with van der Waals surface area (Å²) in [5, 5.41) is 0. The monoisotopic (exact) mass is 338 g/mol. The van der Waals surface area contributed by atoms with Gasteiger partial charge in [-0.15, -0.1) is 0 Å². The van der Waals surface area contributed by atoms with Crippen molar-refractivity contribution in [3.63, 3.8) is 0 Å². The molecule has 0 amide bonds. The van der Waals surface area contributed by atoms with Gasteiger partial charge in [0, 0.05) is 11.8 Å². The standard InChI is InChI=1S/C26H26/c1-15(2)17-13-14-18(16(3)4)26-24-21-11-7-5-9-19(21)23(25(17)26)20-10-6-8-12-22(20)24/h5-16,23-24H,1-4H3. The lowest BCUT2D eigenvalue weighted by Crippen LogP contribution is -2.30. The fourth-order valence-corrected chi connectivity index (χ4v) is 5.35. The van der Waals surface area contributed by atoms with Crippen LogP contribution in [0.1, 0.15) is 95.9 Å². The van der Waals surface area contributed by atoms with Crippen LogP contribution in [0, 0.1) is 0 Å². The second-order valence-corrected chi connectivity index (χ2v) is 8.50. The van der Waals surface area contributed by atoms with Crippen molar-refractivity contribution in [2.75, 3.05) is 0 Å². The summed E-state index contributed by atoms with van der Waals surface area (Å²) >= 11 is 0. The molecule has 3 aliphatic rings. The van der Waals surface area contributed by atoms with Gasteiger partial charge < -0.3 is 0 Å².